The first kappa shape index (κ1) is 14.1. The van der Waals surface area contributed by atoms with E-state index in [2.05, 4.69) is 6.07 Å². The molecule has 0 aromatic heterocycles. The Bertz CT molecular complexity index is 584. The number of likely N-dealkylation sites (tertiary alicyclic amines) is 1. The first-order valence-electron chi connectivity index (χ1n) is 7.55. The van der Waals surface area contributed by atoms with Gasteiger partial charge in [-0.25, -0.2) is 0 Å². The Hall–Kier alpha value is -1.86. The Labute approximate surface area is 125 Å². The summed E-state index contributed by atoms with van der Waals surface area (Å²) in [4.78, 5) is 14.2. The lowest BCUT2D eigenvalue weighted by atomic mass is 9.94. The molecule has 1 saturated carbocycles. The van der Waals surface area contributed by atoms with Crippen LogP contribution >= 0.6 is 0 Å². The summed E-state index contributed by atoms with van der Waals surface area (Å²) in [6, 6.07) is 9.76. The van der Waals surface area contributed by atoms with E-state index in [-0.39, 0.29) is 17.2 Å². The minimum absolute atomic E-state index is 0.0331. The SMILES string of the molecule is CC1CCN(C(=O)c2ccc(C3(C#N)CC3)cc2)CC1O. The van der Waals surface area contributed by atoms with Gasteiger partial charge in [-0.3, -0.25) is 4.79 Å². The molecule has 0 radical (unpaired) electrons. The minimum atomic E-state index is -0.435. The third-order valence-electron chi connectivity index (χ3n) is 4.85. The van der Waals surface area contributed by atoms with E-state index >= 15 is 0 Å². The van der Waals surface area contributed by atoms with Crippen LogP contribution < -0.4 is 0 Å². The van der Waals surface area contributed by atoms with E-state index in [1.54, 1.807) is 17.0 Å². The monoisotopic (exact) mass is 284 g/mol. The van der Waals surface area contributed by atoms with Crippen LogP contribution in [0.2, 0.25) is 0 Å². The van der Waals surface area contributed by atoms with Crippen LogP contribution in [-0.2, 0) is 5.41 Å². The second-order valence-corrected chi connectivity index (χ2v) is 6.36. The Kier molecular flexibility index (Phi) is 3.46. The molecule has 2 fully saturated rings. The maximum Gasteiger partial charge on any atom is 0.253 e. The number of carbonyl (C=O) groups excluding carboxylic acids is 1. The van der Waals surface area contributed by atoms with Crippen molar-refractivity contribution in [2.75, 3.05) is 13.1 Å². The van der Waals surface area contributed by atoms with Crippen molar-refractivity contribution in [1.29, 1.82) is 5.26 Å². The molecule has 1 saturated heterocycles. The van der Waals surface area contributed by atoms with Gasteiger partial charge >= 0.3 is 0 Å². The topological polar surface area (TPSA) is 64.3 Å². The van der Waals surface area contributed by atoms with Gasteiger partial charge in [-0.05, 0) is 42.9 Å². The van der Waals surface area contributed by atoms with E-state index in [9.17, 15) is 15.2 Å². The summed E-state index contributed by atoms with van der Waals surface area (Å²) in [5.41, 5.74) is 1.33. The molecular formula is C17H20N2O2. The second kappa shape index (κ2) is 5.16. The van der Waals surface area contributed by atoms with Crippen LogP contribution in [0.1, 0.15) is 42.1 Å². The summed E-state index contributed by atoms with van der Waals surface area (Å²) >= 11 is 0. The summed E-state index contributed by atoms with van der Waals surface area (Å²) in [5.74, 6) is 0.219. The first-order chi connectivity index (χ1) is 10.1. The van der Waals surface area contributed by atoms with Crippen LogP contribution in [0.5, 0.6) is 0 Å². The zero-order chi connectivity index (χ0) is 15.0. The van der Waals surface area contributed by atoms with E-state index < -0.39 is 6.10 Å². The van der Waals surface area contributed by atoms with Gasteiger partial charge in [-0.2, -0.15) is 5.26 Å². The number of hydrogen-bond donors (Lipinski definition) is 1. The third-order valence-corrected chi connectivity index (χ3v) is 4.85. The van der Waals surface area contributed by atoms with Crippen molar-refractivity contribution < 1.29 is 9.90 Å². The molecule has 1 aromatic carbocycles. The molecule has 2 aliphatic rings. The van der Waals surface area contributed by atoms with Crippen molar-refractivity contribution in [3.8, 4) is 6.07 Å². The highest BCUT2D eigenvalue weighted by atomic mass is 16.3. The number of aliphatic hydroxyl groups is 1. The predicted octanol–water partition coefficient (Wildman–Crippen LogP) is 2.08. The van der Waals surface area contributed by atoms with Crippen molar-refractivity contribution in [3.05, 3.63) is 35.4 Å². The van der Waals surface area contributed by atoms with Gasteiger partial charge in [0.1, 0.15) is 0 Å². The number of hydrogen-bond acceptors (Lipinski definition) is 3. The average Bonchev–Trinajstić information content (AvgIpc) is 3.31. The highest BCUT2D eigenvalue weighted by molar-refractivity contribution is 5.94. The van der Waals surface area contributed by atoms with Crippen molar-refractivity contribution in [1.82, 2.24) is 4.90 Å². The smallest absolute Gasteiger partial charge is 0.253 e. The van der Waals surface area contributed by atoms with Gasteiger partial charge in [0.2, 0.25) is 0 Å². The molecule has 1 aliphatic heterocycles. The van der Waals surface area contributed by atoms with Crippen molar-refractivity contribution in [3.63, 3.8) is 0 Å². The molecular weight excluding hydrogens is 264 g/mol. The van der Waals surface area contributed by atoms with Crippen molar-refractivity contribution >= 4 is 5.91 Å². The van der Waals surface area contributed by atoms with Gasteiger partial charge < -0.3 is 10.0 Å². The molecule has 3 rings (SSSR count). The number of aliphatic hydroxyl groups excluding tert-OH is 1. The number of β-amino-alcohol motifs (C(OH)–C–C–N with tert-alkyl or cyclic N) is 1. The van der Waals surface area contributed by atoms with Gasteiger partial charge in [-0.15, -0.1) is 0 Å². The lowest BCUT2D eigenvalue weighted by molar-refractivity contribution is 0.0248. The first-order valence-corrected chi connectivity index (χ1v) is 7.55. The van der Waals surface area contributed by atoms with Gasteiger partial charge in [0.25, 0.3) is 5.91 Å². The molecule has 2 atom stereocenters. The van der Waals surface area contributed by atoms with Crippen LogP contribution in [0.15, 0.2) is 24.3 Å². The molecule has 4 heteroatoms. The number of nitrogens with zero attached hydrogens (tertiary/aromatic N) is 2. The third kappa shape index (κ3) is 2.54. The summed E-state index contributed by atoms with van der Waals surface area (Å²) < 4.78 is 0. The molecule has 1 aromatic rings. The molecule has 2 unspecified atom stereocenters. The molecule has 0 spiro atoms. The van der Waals surface area contributed by atoms with Crippen molar-refractivity contribution in [2.45, 2.75) is 37.7 Å². The summed E-state index contributed by atoms with van der Waals surface area (Å²) in [6.45, 7) is 3.11. The number of rotatable bonds is 2. The number of nitriles is 1. The molecule has 1 amide bonds. The predicted molar refractivity (Wildman–Crippen MR) is 78.7 cm³/mol. The largest absolute Gasteiger partial charge is 0.391 e. The zero-order valence-electron chi connectivity index (χ0n) is 12.2. The number of amides is 1. The fourth-order valence-electron chi connectivity index (χ4n) is 2.94. The molecule has 0 bridgehead atoms. The van der Waals surface area contributed by atoms with E-state index in [1.165, 1.54) is 0 Å². The average molecular weight is 284 g/mol. The standard InChI is InChI=1S/C17H20N2O2/c1-12-6-9-19(10-15(12)20)16(21)13-2-4-14(5-3-13)17(11-18)7-8-17/h2-5,12,15,20H,6-10H2,1H3. The normalized spacial score (nSPS) is 27.0. The molecule has 21 heavy (non-hydrogen) atoms. The Morgan fingerprint density at radius 2 is 2.05 bits per heavy atom. The number of carbonyl (C=O) groups is 1. The van der Waals surface area contributed by atoms with Gasteiger partial charge in [0.05, 0.1) is 17.6 Å². The number of piperidine rings is 1. The van der Waals surface area contributed by atoms with Gasteiger partial charge in [0.15, 0.2) is 0 Å². The fourth-order valence-corrected chi connectivity index (χ4v) is 2.94. The zero-order valence-corrected chi connectivity index (χ0v) is 12.2. The lowest BCUT2D eigenvalue weighted by Crippen LogP contribution is -2.45. The highest BCUT2D eigenvalue weighted by Gasteiger charge is 2.44. The molecule has 1 aliphatic carbocycles. The van der Waals surface area contributed by atoms with Crippen LogP contribution in [-0.4, -0.2) is 35.1 Å². The van der Waals surface area contributed by atoms with E-state index in [1.807, 2.05) is 19.1 Å². The van der Waals surface area contributed by atoms with Gasteiger partial charge in [-0.1, -0.05) is 19.1 Å². The molecule has 1 N–H and O–H groups in total. The molecule has 1 heterocycles. The summed E-state index contributed by atoms with van der Waals surface area (Å²) in [7, 11) is 0. The van der Waals surface area contributed by atoms with Crippen LogP contribution in [0.4, 0.5) is 0 Å². The Balaban J connectivity index is 1.72. The van der Waals surface area contributed by atoms with Crippen molar-refractivity contribution in [2.24, 2.45) is 5.92 Å². The van der Waals surface area contributed by atoms with Crippen LogP contribution in [0.25, 0.3) is 0 Å². The number of benzene rings is 1. The summed E-state index contributed by atoms with van der Waals surface area (Å²) in [5, 5.41) is 19.1. The van der Waals surface area contributed by atoms with E-state index in [0.29, 0.717) is 18.7 Å². The molecule has 4 nitrogen and oxygen atoms in total. The maximum absolute atomic E-state index is 12.4. The Morgan fingerprint density at radius 3 is 2.57 bits per heavy atom. The maximum atomic E-state index is 12.4. The quantitative estimate of drug-likeness (QED) is 0.904. The highest BCUT2D eigenvalue weighted by Crippen LogP contribution is 2.47. The second-order valence-electron chi connectivity index (χ2n) is 6.36. The van der Waals surface area contributed by atoms with E-state index in [4.69, 9.17) is 0 Å². The molecule has 110 valence electrons. The van der Waals surface area contributed by atoms with Gasteiger partial charge in [0, 0.05) is 18.7 Å². The van der Waals surface area contributed by atoms with E-state index in [0.717, 1.165) is 24.8 Å². The summed E-state index contributed by atoms with van der Waals surface area (Å²) in [6.07, 6.45) is 2.22. The lowest BCUT2D eigenvalue weighted by Gasteiger charge is -2.34. The Morgan fingerprint density at radius 1 is 1.38 bits per heavy atom. The van der Waals surface area contributed by atoms with Crippen LogP contribution in [0, 0.1) is 17.2 Å². The van der Waals surface area contributed by atoms with Crippen LogP contribution in [0.3, 0.4) is 0 Å². The minimum Gasteiger partial charge on any atom is -0.391 e. The fraction of sp³-hybridized carbons (Fsp3) is 0.529.